The number of rotatable bonds is 0. The summed E-state index contributed by atoms with van der Waals surface area (Å²) < 4.78 is 8.38. The fraction of sp³-hybridized carbons (Fsp3) is 0. The van der Waals surface area contributed by atoms with Crippen molar-refractivity contribution in [1.29, 1.82) is 0 Å². The summed E-state index contributed by atoms with van der Waals surface area (Å²) in [6.07, 6.45) is 0. The Hall–Kier alpha value is 3.03. The third-order valence-electron chi connectivity index (χ3n) is 0. The van der Waals surface area contributed by atoms with E-state index in [9.17, 15) is 0 Å². The van der Waals surface area contributed by atoms with Gasteiger partial charge in [-0.1, -0.05) is 0 Å². The van der Waals surface area contributed by atoms with Gasteiger partial charge in [-0.25, -0.2) is 0 Å². The van der Waals surface area contributed by atoms with Crippen LogP contribution < -0.4 is 0 Å². The minimum Gasteiger partial charge on any atom is 0 e. The van der Waals surface area contributed by atoms with Crippen LogP contribution in [0.4, 0.5) is 0 Å². The number of hydrogen-bond donors (Lipinski definition) is 0. The van der Waals surface area contributed by atoms with E-state index in [0.29, 0.717) is 0 Å². The summed E-state index contributed by atoms with van der Waals surface area (Å²) >= 11 is 0.100. The molecular weight excluding hydrogens is 355 g/mol. The molecule has 0 aromatic heterocycles. The van der Waals surface area contributed by atoms with Crippen LogP contribution in [0.25, 0.3) is 0 Å². The Balaban J connectivity index is -0.00000000167. The molecular formula is H6GaInOYZn. The molecule has 0 fully saturated rings. The van der Waals surface area contributed by atoms with Gasteiger partial charge in [-0.2, -0.15) is 0 Å². The van der Waals surface area contributed by atoms with E-state index in [-0.39, 0.29) is 96.1 Å². The van der Waals surface area contributed by atoms with Crippen LogP contribution in [0.2, 0.25) is 0 Å². The smallest absolute Gasteiger partial charge is 0 e. The zero-order valence-corrected chi connectivity index (χ0v) is 7.50. The Kier molecular flexibility index (Phi) is 136. The van der Waals surface area contributed by atoms with Crippen LogP contribution in [0, 0.1) is 0 Å². The van der Waals surface area contributed by atoms with Crippen LogP contribution in [-0.4, -0.2) is 45.6 Å². The molecule has 0 bridgehead atoms. The summed E-state index contributed by atoms with van der Waals surface area (Å²) in [4.78, 5) is 0. The van der Waals surface area contributed by atoms with Gasteiger partial charge >= 0.3 is 78.7 Å². The Morgan fingerprint density at radius 1 is 1.20 bits per heavy atom. The maximum absolute atomic E-state index is 8.38. The minimum absolute atomic E-state index is 0. The Morgan fingerprint density at radius 3 is 1.20 bits per heavy atom. The van der Waals surface area contributed by atoms with Gasteiger partial charge in [-0.3, -0.25) is 0 Å². The molecule has 5 heavy (non-hydrogen) atoms. The van der Waals surface area contributed by atoms with Crippen molar-refractivity contribution in [1.82, 2.24) is 0 Å². The van der Waals surface area contributed by atoms with Crippen LogP contribution in [0.15, 0.2) is 0 Å². The SMILES string of the molecule is [GaH3].[InH3].[O]=[Y].[Zn]. The zero-order chi connectivity index (χ0) is 2.00. The van der Waals surface area contributed by atoms with E-state index in [1.54, 1.807) is 0 Å². The summed E-state index contributed by atoms with van der Waals surface area (Å²) in [5.41, 5.74) is 0. The van der Waals surface area contributed by atoms with Crippen LogP contribution in [0.1, 0.15) is 0 Å². The van der Waals surface area contributed by atoms with Crippen LogP contribution in [-0.2, 0) is 52.5 Å². The summed E-state index contributed by atoms with van der Waals surface area (Å²) in [5.74, 6) is 0. The third kappa shape index (κ3) is 19.4. The summed E-state index contributed by atoms with van der Waals surface area (Å²) in [5, 5.41) is 0. The normalized spacial score (nSPS) is 1.20. The fourth-order valence-corrected chi connectivity index (χ4v) is 0. The molecule has 0 radical (unpaired) electrons. The van der Waals surface area contributed by atoms with Crippen molar-refractivity contribution in [3.63, 3.8) is 0 Å². The van der Waals surface area contributed by atoms with Crippen LogP contribution >= 0.6 is 0 Å². The molecule has 0 aromatic carbocycles. The van der Waals surface area contributed by atoms with E-state index in [1.807, 2.05) is 0 Å². The van der Waals surface area contributed by atoms with E-state index in [4.69, 9.17) is 2.04 Å². The van der Waals surface area contributed by atoms with Gasteiger partial charge in [0.25, 0.3) is 0 Å². The summed E-state index contributed by atoms with van der Waals surface area (Å²) in [7, 11) is 0. The van der Waals surface area contributed by atoms with Gasteiger partial charge in [0.2, 0.25) is 0 Å². The first-order valence-electron chi connectivity index (χ1n) is 0.236. The maximum Gasteiger partial charge on any atom is 0 e. The van der Waals surface area contributed by atoms with Gasteiger partial charge in [0.05, 0.1) is 0 Å². The summed E-state index contributed by atoms with van der Waals surface area (Å²) in [6.45, 7) is 0. The predicted molar refractivity (Wildman–Crippen MR) is 20.6 cm³/mol. The molecule has 0 aliphatic carbocycles. The molecule has 0 aliphatic rings. The number of hydrogen-bond acceptors (Lipinski definition) is 1. The van der Waals surface area contributed by atoms with Crippen molar-refractivity contribution in [3.05, 3.63) is 0 Å². The van der Waals surface area contributed by atoms with E-state index in [2.05, 4.69) is 0 Å². The van der Waals surface area contributed by atoms with Crippen molar-refractivity contribution < 1.29 is 52.5 Å². The third-order valence-corrected chi connectivity index (χ3v) is 0. The first kappa shape index (κ1) is 24.4. The quantitative estimate of drug-likeness (QED) is 0.437. The average molecular weight is 361 g/mol. The van der Waals surface area contributed by atoms with Crippen molar-refractivity contribution >= 4 is 45.6 Å². The molecule has 0 rings (SSSR count). The molecule has 0 amide bonds. The monoisotopic (exact) mass is 359 g/mol. The summed E-state index contributed by atoms with van der Waals surface area (Å²) in [6, 6.07) is 0. The molecule has 0 saturated carbocycles. The van der Waals surface area contributed by atoms with Crippen LogP contribution in [0.3, 0.4) is 0 Å². The van der Waals surface area contributed by atoms with Crippen molar-refractivity contribution in [2.24, 2.45) is 0 Å². The topological polar surface area (TPSA) is 17.1 Å². The maximum atomic E-state index is 8.38. The molecule has 5 heteroatoms. The molecule has 0 aromatic rings. The molecule has 0 unspecified atom stereocenters. The second kappa shape index (κ2) is 27.8. The van der Waals surface area contributed by atoms with Gasteiger partial charge in [-0.05, 0) is 0 Å². The largest absolute Gasteiger partial charge is 0 e. The van der Waals surface area contributed by atoms with Gasteiger partial charge in [0.15, 0.2) is 0 Å². The van der Waals surface area contributed by atoms with Gasteiger partial charge < -0.3 is 0 Å². The van der Waals surface area contributed by atoms with Gasteiger partial charge in [0, 0.05) is 19.5 Å². The molecule has 0 aliphatic heterocycles. The Bertz CT molecular complexity index is 11.6. The minimum atomic E-state index is 0. The predicted octanol–water partition coefficient (Wildman–Crippen LogP) is -2.49. The van der Waals surface area contributed by atoms with Crippen LogP contribution in [0.5, 0.6) is 0 Å². The average Bonchev–Trinajstić information content (AvgIpc) is 1.00. The van der Waals surface area contributed by atoms with Crippen molar-refractivity contribution in [2.45, 2.75) is 0 Å². The first-order valence-corrected chi connectivity index (χ1v) is 1.39. The van der Waals surface area contributed by atoms with Crippen molar-refractivity contribution in [3.8, 4) is 0 Å². The molecule has 0 heterocycles. The molecule has 0 saturated heterocycles. The zero-order valence-electron chi connectivity index (χ0n) is 1.69. The van der Waals surface area contributed by atoms with Gasteiger partial charge in [0.1, 0.15) is 0 Å². The Morgan fingerprint density at radius 2 is 1.20 bits per heavy atom. The fourth-order valence-electron chi connectivity index (χ4n) is 0. The molecule has 0 atom stereocenters. The van der Waals surface area contributed by atoms with E-state index in [0.717, 1.165) is 0 Å². The standard InChI is InChI=1S/Ga.In.O.Y.Zn.6H. The van der Waals surface area contributed by atoms with E-state index in [1.165, 1.54) is 0 Å². The molecule has 1 nitrogen and oxygen atoms in total. The molecule has 0 N–H and O–H groups in total. The van der Waals surface area contributed by atoms with E-state index >= 15 is 0 Å². The second-order valence-electron chi connectivity index (χ2n) is 0. The van der Waals surface area contributed by atoms with E-state index < -0.39 is 0 Å². The second-order valence-corrected chi connectivity index (χ2v) is 0. The first-order chi connectivity index (χ1) is 1.00. The Labute approximate surface area is 96.1 Å². The molecule has 23 valence electrons. The van der Waals surface area contributed by atoms with Crippen molar-refractivity contribution in [2.75, 3.05) is 0 Å². The molecule has 0 spiro atoms. The van der Waals surface area contributed by atoms with Gasteiger partial charge in [-0.15, -0.1) is 0 Å².